The summed E-state index contributed by atoms with van der Waals surface area (Å²) in [5.41, 5.74) is 0.949. The highest BCUT2D eigenvalue weighted by Gasteiger charge is 2.28. The minimum atomic E-state index is -0.140. The zero-order valence-corrected chi connectivity index (χ0v) is 10.1. The fraction of sp³-hybridized carbons (Fsp3) is 0.429. The van der Waals surface area contributed by atoms with Crippen molar-refractivity contribution in [3.8, 4) is 0 Å². The maximum absolute atomic E-state index is 12.0. The molecule has 0 spiro atoms. The van der Waals surface area contributed by atoms with Crippen LogP contribution in [-0.4, -0.2) is 23.9 Å². The van der Waals surface area contributed by atoms with Crippen molar-refractivity contribution in [2.24, 2.45) is 0 Å². The summed E-state index contributed by atoms with van der Waals surface area (Å²) < 4.78 is 0. The van der Waals surface area contributed by atoms with Crippen molar-refractivity contribution < 1.29 is 9.59 Å². The van der Waals surface area contributed by atoms with Gasteiger partial charge in [0, 0.05) is 12.1 Å². The Morgan fingerprint density at radius 3 is 1.56 bits per heavy atom. The van der Waals surface area contributed by atoms with E-state index < -0.39 is 0 Å². The summed E-state index contributed by atoms with van der Waals surface area (Å²) in [6.45, 7) is 0. The van der Waals surface area contributed by atoms with E-state index in [0.29, 0.717) is 23.2 Å². The summed E-state index contributed by atoms with van der Waals surface area (Å²) in [5.74, 6) is -0.280. The van der Waals surface area contributed by atoms with E-state index in [-0.39, 0.29) is 11.8 Å². The van der Waals surface area contributed by atoms with Gasteiger partial charge in [-0.3, -0.25) is 9.59 Å². The van der Waals surface area contributed by atoms with Crippen LogP contribution in [-0.2, 0) is 0 Å². The molecule has 2 saturated carbocycles. The van der Waals surface area contributed by atoms with Gasteiger partial charge in [-0.1, -0.05) is 12.1 Å². The second-order valence-corrected chi connectivity index (χ2v) is 5.04. The molecule has 18 heavy (non-hydrogen) atoms. The average molecular weight is 244 g/mol. The smallest absolute Gasteiger partial charge is 0.252 e. The molecule has 0 atom stereocenters. The van der Waals surface area contributed by atoms with Crippen LogP contribution in [0.15, 0.2) is 24.3 Å². The fourth-order valence-electron chi connectivity index (χ4n) is 1.86. The van der Waals surface area contributed by atoms with Gasteiger partial charge in [0.2, 0.25) is 0 Å². The van der Waals surface area contributed by atoms with E-state index in [0.717, 1.165) is 25.7 Å². The molecule has 2 fully saturated rings. The topological polar surface area (TPSA) is 58.2 Å². The number of amides is 2. The van der Waals surface area contributed by atoms with Gasteiger partial charge < -0.3 is 10.6 Å². The number of hydrogen-bond acceptors (Lipinski definition) is 2. The number of rotatable bonds is 4. The molecule has 2 aliphatic rings. The van der Waals surface area contributed by atoms with Gasteiger partial charge in [0.05, 0.1) is 11.1 Å². The lowest BCUT2D eigenvalue weighted by Crippen LogP contribution is -2.31. The SMILES string of the molecule is O=C(NC1CC1)c1ccccc1C(=O)NC1CC1. The molecule has 0 unspecified atom stereocenters. The van der Waals surface area contributed by atoms with Gasteiger partial charge in [0.15, 0.2) is 0 Å². The molecule has 0 radical (unpaired) electrons. The zero-order chi connectivity index (χ0) is 12.5. The van der Waals surface area contributed by atoms with E-state index in [1.807, 2.05) is 0 Å². The molecule has 4 nitrogen and oxygen atoms in total. The molecule has 0 aromatic heterocycles. The van der Waals surface area contributed by atoms with Gasteiger partial charge >= 0.3 is 0 Å². The van der Waals surface area contributed by atoms with E-state index in [2.05, 4.69) is 10.6 Å². The molecule has 94 valence electrons. The maximum atomic E-state index is 12.0. The molecule has 2 N–H and O–H groups in total. The highest BCUT2D eigenvalue weighted by Crippen LogP contribution is 2.21. The number of carbonyl (C=O) groups is 2. The molecule has 1 aromatic rings. The third-order valence-electron chi connectivity index (χ3n) is 3.24. The van der Waals surface area contributed by atoms with Crippen molar-refractivity contribution in [2.45, 2.75) is 37.8 Å². The van der Waals surface area contributed by atoms with E-state index in [4.69, 9.17) is 0 Å². The summed E-state index contributed by atoms with van der Waals surface area (Å²) in [6.07, 6.45) is 4.18. The second-order valence-electron chi connectivity index (χ2n) is 5.04. The van der Waals surface area contributed by atoms with Crippen LogP contribution < -0.4 is 10.6 Å². The van der Waals surface area contributed by atoms with Crippen LogP contribution in [0.3, 0.4) is 0 Å². The molecule has 0 bridgehead atoms. The zero-order valence-electron chi connectivity index (χ0n) is 10.1. The van der Waals surface area contributed by atoms with E-state index in [9.17, 15) is 9.59 Å². The van der Waals surface area contributed by atoms with Gasteiger partial charge in [0.25, 0.3) is 11.8 Å². The number of carbonyl (C=O) groups excluding carboxylic acids is 2. The summed E-state index contributed by atoms with van der Waals surface area (Å²) in [4.78, 5) is 24.1. The molecule has 3 rings (SSSR count). The first-order valence-corrected chi connectivity index (χ1v) is 6.45. The number of benzene rings is 1. The van der Waals surface area contributed by atoms with E-state index in [1.165, 1.54) is 0 Å². The molecule has 1 aromatic carbocycles. The van der Waals surface area contributed by atoms with Crippen LogP contribution in [0, 0.1) is 0 Å². The van der Waals surface area contributed by atoms with Gasteiger partial charge in [0.1, 0.15) is 0 Å². The lowest BCUT2D eigenvalue weighted by molar-refractivity contribution is 0.0916. The first-order chi connectivity index (χ1) is 8.74. The third kappa shape index (κ3) is 2.53. The van der Waals surface area contributed by atoms with Gasteiger partial charge in [-0.2, -0.15) is 0 Å². The van der Waals surface area contributed by atoms with E-state index in [1.54, 1.807) is 24.3 Å². The Bertz CT molecular complexity index is 445. The van der Waals surface area contributed by atoms with Crippen LogP contribution >= 0.6 is 0 Å². The van der Waals surface area contributed by atoms with Crippen molar-refractivity contribution in [3.63, 3.8) is 0 Å². The predicted octanol–water partition coefficient (Wildman–Crippen LogP) is 1.47. The van der Waals surface area contributed by atoms with Crippen molar-refractivity contribution >= 4 is 11.8 Å². The predicted molar refractivity (Wildman–Crippen MR) is 67.4 cm³/mol. The normalized spacial score (nSPS) is 18.2. The Labute approximate surface area is 106 Å². The van der Waals surface area contributed by atoms with Crippen molar-refractivity contribution in [3.05, 3.63) is 35.4 Å². The van der Waals surface area contributed by atoms with Gasteiger partial charge in [-0.25, -0.2) is 0 Å². The monoisotopic (exact) mass is 244 g/mol. The van der Waals surface area contributed by atoms with Crippen LogP contribution in [0.2, 0.25) is 0 Å². The lowest BCUT2D eigenvalue weighted by Gasteiger charge is -2.09. The highest BCUT2D eigenvalue weighted by atomic mass is 16.2. The van der Waals surface area contributed by atoms with Crippen molar-refractivity contribution in [1.29, 1.82) is 0 Å². The number of nitrogens with one attached hydrogen (secondary N) is 2. The number of hydrogen-bond donors (Lipinski definition) is 2. The van der Waals surface area contributed by atoms with Crippen LogP contribution in [0.4, 0.5) is 0 Å². The largest absolute Gasteiger partial charge is 0.349 e. The summed E-state index contributed by atoms with van der Waals surface area (Å²) >= 11 is 0. The maximum Gasteiger partial charge on any atom is 0.252 e. The first kappa shape index (κ1) is 11.3. The Morgan fingerprint density at radius 1 is 0.833 bits per heavy atom. The summed E-state index contributed by atoms with van der Waals surface area (Å²) in [5, 5.41) is 5.83. The van der Waals surface area contributed by atoms with Crippen LogP contribution in [0.1, 0.15) is 46.4 Å². The van der Waals surface area contributed by atoms with Gasteiger partial charge in [-0.15, -0.1) is 0 Å². The Hall–Kier alpha value is -1.84. The Morgan fingerprint density at radius 2 is 1.22 bits per heavy atom. The van der Waals surface area contributed by atoms with Crippen LogP contribution in [0.5, 0.6) is 0 Å². The Balaban J connectivity index is 1.78. The Kier molecular flexibility index (Phi) is 2.78. The minimum Gasteiger partial charge on any atom is -0.349 e. The molecule has 0 heterocycles. The molecule has 0 aliphatic heterocycles. The molecular weight excluding hydrogens is 228 g/mol. The molecule has 4 heteroatoms. The van der Waals surface area contributed by atoms with Crippen LogP contribution in [0.25, 0.3) is 0 Å². The third-order valence-corrected chi connectivity index (χ3v) is 3.24. The van der Waals surface area contributed by atoms with Gasteiger partial charge in [-0.05, 0) is 37.8 Å². The van der Waals surface area contributed by atoms with E-state index >= 15 is 0 Å². The first-order valence-electron chi connectivity index (χ1n) is 6.45. The molecule has 2 amide bonds. The standard InChI is InChI=1S/C14H16N2O2/c17-13(15-9-5-6-9)11-3-1-2-4-12(11)14(18)16-10-7-8-10/h1-4,9-10H,5-8H2,(H,15,17)(H,16,18). The molecule has 2 aliphatic carbocycles. The average Bonchev–Trinajstić information content (AvgIpc) is 3.25. The summed E-state index contributed by atoms with van der Waals surface area (Å²) in [6, 6.07) is 7.60. The molecule has 0 saturated heterocycles. The van der Waals surface area contributed by atoms with Crippen molar-refractivity contribution in [1.82, 2.24) is 10.6 Å². The lowest BCUT2D eigenvalue weighted by atomic mass is 10.1. The highest BCUT2D eigenvalue weighted by molar-refractivity contribution is 6.07. The quantitative estimate of drug-likeness (QED) is 0.842. The second kappa shape index (κ2) is 4.44. The van der Waals surface area contributed by atoms with Crippen molar-refractivity contribution in [2.75, 3.05) is 0 Å². The molecular formula is C14H16N2O2. The summed E-state index contributed by atoms with van der Waals surface area (Å²) in [7, 11) is 0. The fourth-order valence-corrected chi connectivity index (χ4v) is 1.86. The minimum absolute atomic E-state index is 0.140.